The maximum Gasteiger partial charge on any atom is 0.238 e. The number of nitrogens with two attached hydrogens (primary N) is 1. The van der Waals surface area contributed by atoms with Crippen LogP contribution in [-0.4, -0.2) is 19.3 Å². The molecule has 3 aromatic rings. The Labute approximate surface area is 162 Å². The van der Waals surface area contributed by atoms with Crippen molar-refractivity contribution in [2.24, 2.45) is 5.14 Å². The fourth-order valence-corrected chi connectivity index (χ4v) is 3.85. The molecule has 1 heterocycles. The van der Waals surface area contributed by atoms with Crippen LogP contribution in [0.1, 0.15) is 19.8 Å². The summed E-state index contributed by atoms with van der Waals surface area (Å²) >= 11 is 1.47. The number of rotatable bonds is 6. The topological polar surface area (TPSA) is 102 Å². The number of anilines is 1. The first-order chi connectivity index (χ1) is 12.9. The second kappa shape index (κ2) is 7.99. The molecular formula is C19H19N3O3S2. The summed E-state index contributed by atoms with van der Waals surface area (Å²) in [5.41, 5.74) is 3.33. The summed E-state index contributed by atoms with van der Waals surface area (Å²) in [7, 11) is -3.70. The second-order valence-electron chi connectivity index (χ2n) is 5.98. The van der Waals surface area contributed by atoms with E-state index in [9.17, 15) is 13.2 Å². The van der Waals surface area contributed by atoms with Crippen LogP contribution < -0.4 is 10.5 Å². The van der Waals surface area contributed by atoms with Crippen LogP contribution in [-0.2, 0) is 14.8 Å². The van der Waals surface area contributed by atoms with Crippen LogP contribution in [0.25, 0.3) is 21.8 Å². The molecule has 27 heavy (non-hydrogen) atoms. The number of thiazole rings is 1. The highest BCUT2D eigenvalue weighted by Crippen LogP contribution is 2.30. The van der Waals surface area contributed by atoms with Crippen LogP contribution in [0.2, 0.25) is 0 Å². The fourth-order valence-electron chi connectivity index (χ4n) is 2.50. The zero-order valence-electron chi connectivity index (χ0n) is 14.7. The summed E-state index contributed by atoms with van der Waals surface area (Å²) in [4.78, 5) is 16.3. The van der Waals surface area contributed by atoms with Crippen molar-refractivity contribution in [2.45, 2.75) is 24.7 Å². The smallest absolute Gasteiger partial charge is 0.238 e. The molecule has 3 N–H and O–H groups in total. The van der Waals surface area contributed by atoms with E-state index in [1.807, 2.05) is 36.6 Å². The van der Waals surface area contributed by atoms with Gasteiger partial charge in [-0.2, -0.15) is 0 Å². The molecule has 0 atom stereocenters. The minimum Gasteiger partial charge on any atom is -0.326 e. The van der Waals surface area contributed by atoms with Gasteiger partial charge in [0.2, 0.25) is 15.9 Å². The van der Waals surface area contributed by atoms with Gasteiger partial charge in [-0.1, -0.05) is 31.2 Å². The third kappa shape index (κ3) is 4.79. The number of sulfonamides is 1. The molecule has 0 radical (unpaired) electrons. The van der Waals surface area contributed by atoms with Gasteiger partial charge in [-0.3, -0.25) is 4.79 Å². The first-order valence-electron chi connectivity index (χ1n) is 8.36. The molecule has 1 amide bonds. The molecule has 2 aromatic carbocycles. The van der Waals surface area contributed by atoms with E-state index in [0.717, 1.165) is 33.9 Å². The Hall–Kier alpha value is -2.55. The Morgan fingerprint density at radius 2 is 1.70 bits per heavy atom. The van der Waals surface area contributed by atoms with Crippen molar-refractivity contribution in [1.29, 1.82) is 0 Å². The van der Waals surface area contributed by atoms with Crippen molar-refractivity contribution in [2.75, 3.05) is 5.32 Å². The van der Waals surface area contributed by atoms with Crippen molar-refractivity contribution in [3.63, 3.8) is 0 Å². The molecule has 8 heteroatoms. The van der Waals surface area contributed by atoms with E-state index in [-0.39, 0.29) is 10.8 Å². The lowest BCUT2D eigenvalue weighted by Gasteiger charge is -2.05. The van der Waals surface area contributed by atoms with E-state index in [1.165, 1.54) is 23.5 Å². The van der Waals surface area contributed by atoms with Gasteiger partial charge in [0.05, 0.1) is 10.6 Å². The number of nitrogens with zero attached hydrogens (tertiary/aromatic N) is 1. The summed E-state index contributed by atoms with van der Waals surface area (Å²) in [6.45, 7) is 1.96. The molecule has 0 aliphatic heterocycles. The second-order valence-corrected chi connectivity index (χ2v) is 8.40. The third-order valence-electron chi connectivity index (χ3n) is 3.88. The van der Waals surface area contributed by atoms with Crippen molar-refractivity contribution in [3.8, 4) is 21.8 Å². The standard InChI is InChI=1S/C19H19N3O3S2/c1-2-3-18(23)21-15-8-4-13(5-9-15)17-12-26-19(22-17)14-6-10-16(11-7-14)27(20,24)25/h4-12H,2-3H2,1H3,(H,21,23)(H2,20,24,25). The highest BCUT2D eigenvalue weighted by molar-refractivity contribution is 7.89. The molecule has 0 spiro atoms. The van der Waals surface area contributed by atoms with Gasteiger partial charge < -0.3 is 5.32 Å². The van der Waals surface area contributed by atoms with E-state index in [0.29, 0.717) is 6.42 Å². The highest BCUT2D eigenvalue weighted by atomic mass is 32.2. The van der Waals surface area contributed by atoms with Crippen LogP contribution in [0.3, 0.4) is 0 Å². The zero-order valence-corrected chi connectivity index (χ0v) is 16.3. The molecule has 0 aliphatic carbocycles. The van der Waals surface area contributed by atoms with Gasteiger partial charge in [-0.05, 0) is 30.7 Å². The van der Waals surface area contributed by atoms with Crippen molar-refractivity contribution >= 4 is 33.0 Å². The minimum atomic E-state index is -3.70. The number of carbonyl (C=O) groups excluding carboxylic acids is 1. The van der Waals surface area contributed by atoms with Crippen LogP contribution in [0.4, 0.5) is 5.69 Å². The van der Waals surface area contributed by atoms with Crippen LogP contribution >= 0.6 is 11.3 Å². The molecule has 1 aromatic heterocycles. The normalized spacial score (nSPS) is 11.3. The lowest BCUT2D eigenvalue weighted by atomic mass is 10.1. The van der Waals surface area contributed by atoms with E-state index in [4.69, 9.17) is 5.14 Å². The monoisotopic (exact) mass is 401 g/mol. The molecule has 0 aliphatic rings. The number of hydrogen-bond acceptors (Lipinski definition) is 5. The Kier molecular flexibility index (Phi) is 5.69. The molecule has 3 rings (SSSR count). The molecule has 0 unspecified atom stereocenters. The largest absolute Gasteiger partial charge is 0.326 e. The number of hydrogen-bond donors (Lipinski definition) is 2. The SMILES string of the molecule is CCCC(=O)Nc1ccc(-c2csc(-c3ccc(S(N)(=O)=O)cc3)n2)cc1. The molecule has 0 fully saturated rings. The number of aromatic nitrogens is 1. The van der Waals surface area contributed by atoms with Crippen LogP contribution in [0.5, 0.6) is 0 Å². The summed E-state index contributed by atoms with van der Waals surface area (Å²) < 4.78 is 22.7. The van der Waals surface area contributed by atoms with Gasteiger partial charge in [0, 0.05) is 28.6 Å². The Balaban J connectivity index is 1.76. The van der Waals surface area contributed by atoms with Crippen LogP contribution in [0.15, 0.2) is 58.8 Å². The Bertz CT molecular complexity index is 1040. The average molecular weight is 402 g/mol. The van der Waals surface area contributed by atoms with Crippen LogP contribution in [0, 0.1) is 0 Å². The lowest BCUT2D eigenvalue weighted by Crippen LogP contribution is -2.11. The maximum absolute atomic E-state index is 11.6. The Morgan fingerprint density at radius 3 is 2.30 bits per heavy atom. The lowest BCUT2D eigenvalue weighted by molar-refractivity contribution is -0.116. The molecule has 0 saturated heterocycles. The van der Waals surface area contributed by atoms with E-state index in [1.54, 1.807) is 12.1 Å². The minimum absolute atomic E-state index is 0.00383. The number of benzene rings is 2. The van der Waals surface area contributed by atoms with Gasteiger partial charge >= 0.3 is 0 Å². The van der Waals surface area contributed by atoms with Crippen molar-refractivity contribution in [3.05, 3.63) is 53.9 Å². The van der Waals surface area contributed by atoms with Crippen molar-refractivity contribution < 1.29 is 13.2 Å². The predicted molar refractivity (Wildman–Crippen MR) is 108 cm³/mol. The number of nitrogens with one attached hydrogen (secondary N) is 1. The quantitative estimate of drug-likeness (QED) is 0.654. The number of amides is 1. The predicted octanol–water partition coefficient (Wildman–Crippen LogP) is 3.86. The van der Waals surface area contributed by atoms with Gasteiger partial charge in [0.1, 0.15) is 5.01 Å². The summed E-state index contributed by atoms with van der Waals surface area (Å²) in [5, 5.41) is 10.7. The molecule has 0 saturated carbocycles. The third-order valence-corrected chi connectivity index (χ3v) is 5.70. The van der Waals surface area contributed by atoms with Crippen molar-refractivity contribution in [1.82, 2.24) is 4.98 Å². The molecule has 0 bridgehead atoms. The average Bonchev–Trinajstić information content (AvgIpc) is 3.12. The Morgan fingerprint density at radius 1 is 1.07 bits per heavy atom. The van der Waals surface area contributed by atoms with E-state index >= 15 is 0 Å². The van der Waals surface area contributed by atoms with Gasteiger partial charge in [0.25, 0.3) is 0 Å². The molecule has 140 valence electrons. The molecular weight excluding hydrogens is 382 g/mol. The van der Waals surface area contributed by atoms with Gasteiger partial charge in [-0.15, -0.1) is 11.3 Å². The summed E-state index contributed by atoms with van der Waals surface area (Å²) in [6.07, 6.45) is 1.31. The highest BCUT2D eigenvalue weighted by Gasteiger charge is 2.10. The van der Waals surface area contributed by atoms with Gasteiger partial charge in [0.15, 0.2) is 0 Å². The molecule has 6 nitrogen and oxygen atoms in total. The first kappa shape index (κ1) is 19.2. The maximum atomic E-state index is 11.6. The zero-order chi connectivity index (χ0) is 19.4. The fraction of sp³-hybridized carbons (Fsp3) is 0.158. The van der Waals surface area contributed by atoms with E-state index < -0.39 is 10.0 Å². The first-order valence-corrected chi connectivity index (χ1v) is 10.8. The van der Waals surface area contributed by atoms with Gasteiger partial charge in [-0.25, -0.2) is 18.5 Å². The summed E-state index contributed by atoms with van der Waals surface area (Å²) in [5.74, 6) is 0.00383. The number of carbonyl (C=O) groups is 1. The van der Waals surface area contributed by atoms with E-state index in [2.05, 4.69) is 10.3 Å². The summed E-state index contributed by atoms with van der Waals surface area (Å²) in [6, 6.07) is 13.8. The number of primary sulfonamides is 1.